The molecule has 0 unspecified atom stereocenters. The van der Waals surface area contributed by atoms with Crippen molar-refractivity contribution in [2.24, 2.45) is 23.7 Å². The van der Waals surface area contributed by atoms with E-state index in [1.807, 2.05) is 12.2 Å². The van der Waals surface area contributed by atoms with Crippen molar-refractivity contribution in [3.05, 3.63) is 29.2 Å². The summed E-state index contributed by atoms with van der Waals surface area (Å²) in [6.45, 7) is 1.96. The van der Waals surface area contributed by atoms with Crippen LogP contribution in [0.1, 0.15) is 23.7 Å². The van der Waals surface area contributed by atoms with E-state index in [0.717, 1.165) is 0 Å². The van der Waals surface area contributed by atoms with E-state index in [-0.39, 0.29) is 24.3 Å². The van der Waals surface area contributed by atoms with Crippen molar-refractivity contribution >= 4 is 34.2 Å². The first kappa shape index (κ1) is 15.7. The van der Waals surface area contributed by atoms with E-state index in [1.54, 1.807) is 18.4 Å². The fourth-order valence-electron chi connectivity index (χ4n) is 3.49. The van der Waals surface area contributed by atoms with Gasteiger partial charge in [-0.1, -0.05) is 12.2 Å². The predicted molar refractivity (Wildman–Crippen MR) is 84.3 cm³/mol. The summed E-state index contributed by atoms with van der Waals surface area (Å²) in [6.07, 6.45) is 4.52. The van der Waals surface area contributed by atoms with Crippen LogP contribution in [0.5, 0.6) is 0 Å². The summed E-state index contributed by atoms with van der Waals surface area (Å²) in [4.78, 5) is 35.9. The molecule has 23 heavy (non-hydrogen) atoms. The Hall–Kier alpha value is -2.15. The third kappa shape index (κ3) is 2.76. The number of fused-ring (bicyclic) bond motifs is 2. The predicted octanol–water partition coefficient (Wildman–Crippen LogP) is 2.39. The normalized spacial score (nSPS) is 27.9. The van der Waals surface area contributed by atoms with E-state index in [2.05, 4.69) is 5.32 Å². The second-order valence-electron chi connectivity index (χ2n) is 5.71. The molecule has 1 heterocycles. The van der Waals surface area contributed by atoms with Crippen LogP contribution in [0.25, 0.3) is 0 Å². The molecule has 0 spiro atoms. The second kappa shape index (κ2) is 6.16. The van der Waals surface area contributed by atoms with Crippen LogP contribution >= 0.6 is 11.3 Å². The van der Waals surface area contributed by atoms with Gasteiger partial charge in [0.05, 0.1) is 24.0 Å². The second-order valence-corrected chi connectivity index (χ2v) is 6.63. The van der Waals surface area contributed by atoms with Gasteiger partial charge in [-0.15, -0.1) is 11.3 Å². The Labute approximate surface area is 137 Å². The molecule has 2 aliphatic carbocycles. The number of allylic oxidation sites excluding steroid dienone is 2. The maximum absolute atomic E-state index is 12.6. The Balaban J connectivity index is 1.78. The molecule has 6 nitrogen and oxygen atoms in total. The first-order valence-corrected chi connectivity index (χ1v) is 8.37. The van der Waals surface area contributed by atoms with E-state index in [0.29, 0.717) is 17.0 Å². The molecule has 1 saturated carbocycles. The smallest absolute Gasteiger partial charge is 0.341 e. The van der Waals surface area contributed by atoms with Crippen molar-refractivity contribution in [3.8, 4) is 0 Å². The minimum atomic E-state index is -0.946. The molecule has 1 aromatic rings. The van der Waals surface area contributed by atoms with Gasteiger partial charge in [-0.3, -0.25) is 9.59 Å². The van der Waals surface area contributed by atoms with Crippen LogP contribution in [0.4, 0.5) is 5.00 Å². The zero-order valence-corrected chi connectivity index (χ0v) is 13.3. The number of thiophene rings is 1. The number of carboxylic acid groups (broad SMARTS) is 1. The summed E-state index contributed by atoms with van der Waals surface area (Å²) in [5, 5.41) is 14.2. The number of carboxylic acids is 1. The van der Waals surface area contributed by atoms with Gasteiger partial charge in [0, 0.05) is 0 Å². The minimum absolute atomic E-state index is 0.0490. The van der Waals surface area contributed by atoms with Crippen molar-refractivity contribution in [1.82, 2.24) is 0 Å². The topological polar surface area (TPSA) is 92.7 Å². The van der Waals surface area contributed by atoms with Gasteiger partial charge in [0.25, 0.3) is 0 Å². The molecule has 3 rings (SSSR count). The van der Waals surface area contributed by atoms with Crippen molar-refractivity contribution in [3.63, 3.8) is 0 Å². The highest BCUT2D eigenvalue weighted by atomic mass is 32.1. The summed E-state index contributed by atoms with van der Waals surface area (Å²) in [5.74, 6) is -3.21. The summed E-state index contributed by atoms with van der Waals surface area (Å²) < 4.78 is 4.95. The molecule has 2 N–H and O–H groups in total. The Bertz CT molecular complexity index is 680. The van der Waals surface area contributed by atoms with Crippen LogP contribution in [0.3, 0.4) is 0 Å². The minimum Gasteiger partial charge on any atom is -0.481 e. The zero-order valence-electron chi connectivity index (χ0n) is 12.5. The standard InChI is InChI=1S/C16H17NO5S/c1-2-22-16(21)10-5-6-23-14(10)17-13(18)11-8-3-4-9(7-8)12(11)15(19)20/h3-6,8-9,11-12H,2,7H2,1H3,(H,17,18)(H,19,20)/t8-,9-,11+,12+/m1/s1. The van der Waals surface area contributed by atoms with E-state index < -0.39 is 23.8 Å². The molecule has 0 saturated heterocycles. The molecule has 0 aliphatic heterocycles. The maximum Gasteiger partial charge on any atom is 0.341 e. The number of amides is 1. The van der Waals surface area contributed by atoms with Crippen LogP contribution in [-0.2, 0) is 14.3 Å². The number of anilines is 1. The first-order chi connectivity index (χ1) is 11.0. The number of ether oxygens (including phenoxy) is 1. The molecule has 122 valence electrons. The number of esters is 1. The highest BCUT2D eigenvalue weighted by molar-refractivity contribution is 7.14. The number of rotatable bonds is 5. The molecule has 1 aromatic heterocycles. The largest absolute Gasteiger partial charge is 0.481 e. The van der Waals surface area contributed by atoms with Gasteiger partial charge in [0.15, 0.2) is 0 Å². The molecule has 7 heteroatoms. The Morgan fingerprint density at radius 2 is 2.00 bits per heavy atom. The highest BCUT2D eigenvalue weighted by Gasteiger charge is 2.51. The van der Waals surface area contributed by atoms with Crippen molar-refractivity contribution in [2.45, 2.75) is 13.3 Å². The summed E-state index contributed by atoms with van der Waals surface area (Å²) >= 11 is 1.22. The summed E-state index contributed by atoms with van der Waals surface area (Å²) in [5.41, 5.74) is 0.302. The van der Waals surface area contributed by atoms with Crippen molar-refractivity contribution in [2.75, 3.05) is 11.9 Å². The van der Waals surface area contributed by atoms with Crippen molar-refractivity contribution in [1.29, 1.82) is 0 Å². The number of hydrogen-bond donors (Lipinski definition) is 2. The van der Waals surface area contributed by atoms with Gasteiger partial charge < -0.3 is 15.2 Å². The summed E-state index contributed by atoms with van der Waals surface area (Å²) in [7, 11) is 0. The molecule has 2 aliphatic rings. The molecule has 0 aromatic carbocycles. The fourth-order valence-corrected chi connectivity index (χ4v) is 4.27. The third-order valence-corrected chi connectivity index (χ3v) is 5.27. The van der Waals surface area contributed by atoms with Crippen LogP contribution < -0.4 is 5.32 Å². The van der Waals surface area contributed by atoms with Crippen LogP contribution in [0, 0.1) is 23.7 Å². The lowest BCUT2D eigenvalue weighted by molar-refractivity contribution is -0.146. The van der Waals surface area contributed by atoms with Gasteiger partial charge in [-0.25, -0.2) is 4.79 Å². The molecular formula is C16H17NO5S. The third-order valence-electron chi connectivity index (χ3n) is 4.44. The summed E-state index contributed by atoms with van der Waals surface area (Å²) in [6, 6.07) is 1.59. The van der Waals surface area contributed by atoms with Crippen LogP contribution in [0.2, 0.25) is 0 Å². The van der Waals surface area contributed by atoms with E-state index in [4.69, 9.17) is 4.74 Å². The fraction of sp³-hybridized carbons (Fsp3) is 0.438. The van der Waals surface area contributed by atoms with Gasteiger partial charge >= 0.3 is 11.9 Å². The Morgan fingerprint density at radius 1 is 1.30 bits per heavy atom. The lowest BCUT2D eigenvalue weighted by Gasteiger charge is -2.23. The molecule has 0 radical (unpaired) electrons. The molecule has 1 fully saturated rings. The lowest BCUT2D eigenvalue weighted by atomic mass is 9.82. The van der Waals surface area contributed by atoms with Crippen LogP contribution in [0.15, 0.2) is 23.6 Å². The monoisotopic (exact) mass is 335 g/mol. The number of carbonyl (C=O) groups excluding carboxylic acids is 2. The van der Waals surface area contributed by atoms with Crippen molar-refractivity contribution < 1.29 is 24.2 Å². The van der Waals surface area contributed by atoms with Gasteiger partial charge in [-0.2, -0.15) is 0 Å². The van der Waals surface area contributed by atoms with Gasteiger partial charge in [-0.05, 0) is 36.6 Å². The molecular weight excluding hydrogens is 318 g/mol. The Morgan fingerprint density at radius 3 is 2.65 bits per heavy atom. The quantitative estimate of drug-likeness (QED) is 0.636. The molecule has 4 atom stereocenters. The lowest BCUT2D eigenvalue weighted by Crippen LogP contribution is -2.36. The highest BCUT2D eigenvalue weighted by Crippen LogP contribution is 2.48. The van der Waals surface area contributed by atoms with E-state index in [1.165, 1.54) is 11.3 Å². The average Bonchev–Trinajstić information content (AvgIpc) is 3.21. The number of nitrogens with one attached hydrogen (secondary N) is 1. The zero-order chi connectivity index (χ0) is 16.6. The Kier molecular flexibility index (Phi) is 4.21. The van der Waals surface area contributed by atoms with Gasteiger partial charge in [0.2, 0.25) is 5.91 Å². The van der Waals surface area contributed by atoms with E-state index in [9.17, 15) is 19.5 Å². The first-order valence-electron chi connectivity index (χ1n) is 7.49. The maximum atomic E-state index is 12.6. The number of carbonyl (C=O) groups is 3. The average molecular weight is 335 g/mol. The SMILES string of the molecule is CCOC(=O)c1ccsc1NC(=O)[C@@H]1[C@@H](C(=O)O)[C@@H]2C=C[C@@H]1C2. The van der Waals surface area contributed by atoms with E-state index >= 15 is 0 Å². The number of aliphatic carboxylic acids is 1. The molecule has 1 amide bonds. The van der Waals surface area contributed by atoms with Crippen LogP contribution in [-0.4, -0.2) is 29.6 Å². The molecule has 2 bridgehead atoms. The number of hydrogen-bond acceptors (Lipinski definition) is 5. The van der Waals surface area contributed by atoms with Gasteiger partial charge in [0.1, 0.15) is 5.00 Å².